The molecule has 2 fully saturated rings. The molecular weight excluding hydrogens is 276 g/mol. The Morgan fingerprint density at radius 2 is 2.14 bits per heavy atom. The molecule has 1 amide bonds. The molecular formula is C14H20N2O5. The van der Waals surface area contributed by atoms with Crippen molar-refractivity contribution in [3.8, 4) is 0 Å². The van der Waals surface area contributed by atoms with Gasteiger partial charge in [0.05, 0.1) is 5.92 Å². The van der Waals surface area contributed by atoms with Gasteiger partial charge in [0.25, 0.3) is 0 Å². The molecule has 3 aliphatic rings. The maximum atomic E-state index is 11.7. The number of hydrogen-bond donors (Lipinski definition) is 1. The third-order valence-corrected chi connectivity index (χ3v) is 4.73. The van der Waals surface area contributed by atoms with Gasteiger partial charge in [0, 0.05) is 23.7 Å². The molecule has 0 aromatic carbocycles. The van der Waals surface area contributed by atoms with Crippen LogP contribution in [0.25, 0.3) is 0 Å². The van der Waals surface area contributed by atoms with Crippen LogP contribution in [0.2, 0.25) is 0 Å². The van der Waals surface area contributed by atoms with Crippen molar-refractivity contribution in [3.05, 3.63) is 21.8 Å². The molecule has 0 radical (unpaired) electrons. The fourth-order valence-electron chi connectivity index (χ4n) is 3.68. The van der Waals surface area contributed by atoms with Crippen LogP contribution in [0, 0.1) is 27.9 Å². The van der Waals surface area contributed by atoms with Crippen molar-refractivity contribution < 1.29 is 19.2 Å². The number of fused-ring (bicyclic) bond motifs is 2. The maximum absolute atomic E-state index is 11.7. The van der Waals surface area contributed by atoms with Crippen molar-refractivity contribution >= 4 is 12.4 Å². The van der Waals surface area contributed by atoms with E-state index < -0.39 is 6.04 Å². The molecule has 116 valence electrons. The Kier molecular flexibility index (Phi) is 4.59. The monoisotopic (exact) mass is 296 g/mol. The first-order chi connectivity index (χ1) is 9.97. The predicted octanol–water partition coefficient (Wildman–Crippen LogP) is 1.04. The fraction of sp³-hybridized carbons (Fsp3) is 0.714. The first-order valence-corrected chi connectivity index (χ1v) is 7.17. The van der Waals surface area contributed by atoms with Crippen LogP contribution in [0.3, 0.4) is 0 Å². The zero-order chi connectivity index (χ0) is 15.6. The summed E-state index contributed by atoms with van der Waals surface area (Å²) in [6.45, 7) is 1.95. The number of esters is 1. The number of nitrogens with zero attached hydrogens (tertiary/aromatic N) is 1. The van der Waals surface area contributed by atoms with Gasteiger partial charge in [0.1, 0.15) is 6.10 Å². The number of nitrogens with two attached hydrogens (primary N) is 1. The molecule has 0 aromatic heterocycles. The Balaban J connectivity index is 0.000000497. The lowest BCUT2D eigenvalue weighted by Crippen LogP contribution is -2.34. The number of hydrogen-bond acceptors (Lipinski definition) is 5. The molecule has 7 heteroatoms. The summed E-state index contributed by atoms with van der Waals surface area (Å²) in [6.07, 6.45) is 5.22. The van der Waals surface area contributed by atoms with Gasteiger partial charge in [0.2, 0.25) is 12.5 Å². The molecule has 7 nitrogen and oxygen atoms in total. The standard InChI is InChI=1S/C13H17NO4.CH3NO/c1-7-11-5-8-2-3-10(14(16)17)4-9(8)6-12(11)13(15)18-7;2-1-3/h6-8,10-12H,2-5H2,1H3;1H,(H2,2,3)/t7?,8?,10-,11?,12?;/m1./s1. The van der Waals surface area contributed by atoms with Crippen LogP contribution in [0.4, 0.5) is 0 Å². The van der Waals surface area contributed by atoms with Gasteiger partial charge in [-0.1, -0.05) is 11.6 Å². The smallest absolute Gasteiger partial charge is 0.313 e. The average Bonchev–Trinajstić information content (AvgIpc) is 2.71. The van der Waals surface area contributed by atoms with Gasteiger partial charge >= 0.3 is 5.97 Å². The molecule has 1 saturated carbocycles. The van der Waals surface area contributed by atoms with Crippen LogP contribution >= 0.6 is 0 Å². The number of rotatable bonds is 1. The van der Waals surface area contributed by atoms with Crippen molar-refractivity contribution in [1.29, 1.82) is 0 Å². The highest BCUT2D eigenvalue weighted by atomic mass is 16.6. The van der Waals surface area contributed by atoms with Gasteiger partial charge in [-0.25, -0.2) is 0 Å². The van der Waals surface area contributed by atoms with Crippen molar-refractivity contribution in [3.63, 3.8) is 0 Å². The van der Waals surface area contributed by atoms with Gasteiger partial charge in [-0.05, 0) is 25.7 Å². The Morgan fingerprint density at radius 3 is 2.76 bits per heavy atom. The summed E-state index contributed by atoms with van der Waals surface area (Å²) in [6, 6.07) is -0.459. The zero-order valence-electron chi connectivity index (χ0n) is 11.9. The van der Waals surface area contributed by atoms with E-state index in [1.165, 1.54) is 0 Å². The summed E-state index contributed by atoms with van der Waals surface area (Å²) in [5.41, 5.74) is 5.29. The van der Waals surface area contributed by atoms with Crippen molar-refractivity contribution in [2.45, 2.75) is 44.8 Å². The fourth-order valence-corrected chi connectivity index (χ4v) is 3.68. The molecule has 0 bridgehead atoms. The summed E-state index contributed by atoms with van der Waals surface area (Å²) in [4.78, 5) is 31.0. The van der Waals surface area contributed by atoms with Crippen LogP contribution in [0.15, 0.2) is 11.6 Å². The van der Waals surface area contributed by atoms with Gasteiger partial charge in [0.15, 0.2) is 0 Å². The van der Waals surface area contributed by atoms with E-state index in [0.717, 1.165) is 18.4 Å². The number of cyclic esters (lactones) is 1. The topological polar surface area (TPSA) is 113 Å². The van der Waals surface area contributed by atoms with Crippen molar-refractivity contribution in [2.75, 3.05) is 0 Å². The second kappa shape index (κ2) is 6.24. The summed E-state index contributed by atoms with van der Waals surface area (Å²) in [5.74, 6) is 0.399. The first-order valence-electron chi connectivity index (χ1n) is 7.17. The molecule has 4 unspecified atom stereocenters. The molecule has 0 spiro atoms. The Hall–Kier alpha value is -1.92. The lowest BCUT2D eigenvalue weighted by Gasteiger charge is -2.34. The number of nitro groups is 1. The van der Waals surface area contributed by atoms with Gasteiger partial charge in [-0.2, -0.15) is 0 Å². The Bertz CT molecular complexity index is 476. The average molecular weight is 296 g/mol. The van der Waals surface area contributed by atoms with E-state index in [-0.39, 0.29) is 35.2 Å². The lowest BCUT2D eigenvalue weighted by atomic mass is 9.68. The Morgan fingerprint density at radius 1 is 1.48 bits per heavy atom. The molecule has 1 aliphatic heterocycles. The van der Waals surface area contributed by atoms with Crippen LogP contribution < -0.4 is 5.73 Å². The largest absolute Gasteiger partial charge is 0.462 e. The first kappa shape index (κ1) is 15.5. The minimum Gasteiger partial charge on any atom is -0.462 e. The quantitative estimate of drug-likeness (QED) is 0.255. The Labute approximate surface area is 122 Å². The minimum absolute atomic E-state index is 0.00598. The normalized spacial score (nSPS) is 37.1. The number of amides is 1. The van der Waals surface area contributed by atoms with Crippen LogP contribution in [-0.2, 0) is 14.3 Å². The van der Waals surface area contributed by atoms with Gasteiger partial charge < -0.3 is 10.5 Å². The lowest BCUT2D eigenvalue weighted by molar-refractivity contribution is -0.524. The second-order valence-corrected chi connectivity index (χ2v) is 5.86. The molecule has 0 aromatic rings. The highest BCUT2D eigenvalue weighted by molar-refractivity contribution is 5.77. The van der Waals surface area contributed by atoms with E-state index >= 15 is 0 Å². The molecule has 1 heterocycles. The second-order valence-electron chi connectivity index (χ2n) is 5.86. The van der Waals surface area contributed by atoms with E-state index in [9.17, 15) is 14.9 Å². The minimum atomic E-state index is -0.459. The number of carbonyl (C=O) groups is 2. The molecule has 1 saturated heterocycles. The third-order valence-electron chi connectivity index (χ3n) is 4.73. The number of ether oxygens (including phenoxy) is 1. The van der Waals surface area contributed by atoms with Crippen LogP contribution in [-0.4, -0.2) is 29.4 Å². The highest BCUT2D eigenvalue weighted by Gasteiger charge is 2.47. The number of primary amides is 1. The SMILES string of the molecule is CC1OC(=O)C2C=C3C[C@H]([N+](=O)[O-])CCC3CC12.NC=O. The summed E-state index contributed by atoms with van der Waals surface area (Å²) < 4.78 is 5.27. The van der Waals surface area contributed by atoms with Crippen LogP contribution in [0.1, 0.15) is 32.6 Å². The van der Waals surface area contributed by atoms with E-state index in [1.54, 1.807) is 0 Å². The molecule has 21 heavy (non-hydrogen) atoms. The van der Waals surface area contributed by atoms with Crippen molar-refractivity contribution in [2.24, 2.45) is 23.5 Å². The predicted molar refractivity (Wildman–Crippen MR) is 73.6 cm³/mol. The summed E-state index contributed by atoms with van der Waals surface area (Å²) in [5, 5.41) is 10.9. The zero-order valence-corrected chi connectivity index (χ0v) is 11.9. The highest BCUT2D eigenvalue weighted by Crippen LogP contribution is 2.46. The van der Waals surface area contributed by atoms with E-state index in [0.29, 0.717) is 18.8 Å². The molecule has 5 atom stereocenters. The number of carbonyl (C=O) groups excluding carboxylic acids is 2. The molecule has 2 aliphatic carbocycles. The summed E-state index contributed by atoms with van der Waals surface area (Å²) >= 11 is 0. The van der Waals surface area contributed by atoms with Gasteiger partial charge in [-0.3, -0.25) is 19.7 Å². The van der Waals surface area contributed by atoms with E-state index in [4.69, 9.17) is 9.53 Å². The van der Waals surface area contributed by atoms with Gasteiger partial charge in [-0.15, -0.1) is 0 Å². The van der Waals surface area contributed by atoms with Crippen molar-refractivity contribution in [1.82, 2.24) is 0 Å². The van der Waals surface area contributed by atoms with E-state index in [1.807, 2.05) is 13.0 Å². The third kappa shape index (κ3) is 3.06. The molecule has 2 N–H and O–H groups in total. The molecule has 3 rings (SSSR count). The van der Waals surface area contributed by atoms with E-state index in [2.05, 4.69) is 5.73 Å². The maximum Gasteiger partial charge on any atom is 0.313 e. The van der Waals surface area contributed by atoms with Crippen LogP contribution in [0.5, 0.6) is 0 Å². The summed E-state index contributed by atoms with van der Waals surface area (Å²) in [7, 11) is 0.